The summed E-state index contributed by atoms with van der Waals surface area (Å²) < 4.78 is 12.8. The molecular weight excluding hydrogens is 286 g/mol. The molecule has 16 heavy (non-hydrogen) atoms. The van der Waals surface area contributed by atoms with E-state index in [1.165, 1.54) is 0 Å². The minimum absolute atomic E-state index is 0.149. The SMILES string of the molecule is CC(CS(=O)C(C)(C)C)c1ccc(Br)cn1. The molecule has 0 spiro atoms. The molecule has 0 saturated heterocycles. The molecule has 0 radical (unpaired) electrons. The average molecular weight is 304 g/mol. The number of halogens is 1. The molecule has 0 aliphatic carbocycles. The van der Waals surface area contributed by atoms with E-state index in [0.29, 0.717) is 5.75 Å². The second-order valence-electron chi connectivity index (χ2n) is 4.93. The van der Waals surface area contributed by atoms with Gasteiger partial charge in [0.05, 0.1) is 0 Å². The van der Waals surface area contributed by atoms with Crippen molar-refractivity contribution < 1.29 is 4.21 Å². The predicted octanol–water partition coefficient (Wildman–Crippen LogP) is 3.49. The van der Waals surface area contributed by atoms with E-state index < -0.39 is 10.8 Å². The quantitative estimate of drug-likeness (QED) is 0.855. The van der Waals surface area contributed by atoms with Crippen molar-refractivity contribution in [3.63, 3.8) is 0 Å². The molecule has 0 aliphatic heterocycles. The largest absolute Gasteiger partial charge is 0.260 e. The molecule has 0 N–H and O–H groups in total. The van der Waals surface area contributed by atoms with Gasteiger partial charge in [-0.1, -0.05) is 6.92 Å². The average Bonchev–Trinajstić information content (AvgIpc) is 2.17. The third-order valence-electron chi connectivity index (χ3n) is 2.34. The number of aromatic nitrogens is 1. The highest BCUT2D eigenvalue weighted by Gasteiger charge is 2.22. The lowest BCUT2D eigenvalue weighted by Gasteiger charge is -2.20. The molecule has 4 heteroatoms. The first kappa shape index (κ1) is 13.8. The van der Waals surface area contributed by atoms with Crippen LogP contribution in [0.3, 0.4) is 0 Å². The Bertz CT molecular complexity index is 370. The highest BCUT2D eigenvalue weighted by molar-refractivity contribution is 9.10. The van der Waals surface area contributed by atoms with Crippen molar-refractivity contribution >= 4 is 26.7 Å². The van der Waals surface area contributed by atoms with Gasteiger partial charge in [0, 0.05) is 43.6 Å². The van der Waals surface area contributed by atoms with Gasteiger partial charge in [-0.25, -0.2) is 0 Å². The van der Waals surface area contributed by atoms with Crippen LogP contribution in [0.25, 0.3) is 0 Å². The highest BCUT2D eigenvalue weighted by Crippen LogP contribution is 2.20. The molecule has 0 amide bonds. The summed E-state index contributed by atoms with van der Waals surface area (Å²) in [6, 6.07) is 3.95. The number of rotatable bonds is 3. The van der Waals surface area contributed by atoms with Gasteiger partial charge in [0.15, 0.2) is 0 Å². The van der Waals surface area contributed by atoms with Crippen LogP contribution in [0.1, 0.15) is 39.3 Å². The molecule has 2 unspecified atom stereocenters. The Balaban J connectivity index is 2.69. The van der Waals surface area contributed by atoms with Gasteiger partial charge >= 0.3 is 0 Å². The molecule has 0 saturated carbocycles. The first-order valence-electron chi connectivity index (χ1n) is 5.30. The molecule has 1 heterocycles. The molecular formula is C12H18BrNOS. The van der Waals surface area contributed by atoms with Gasteiger partial charge in [0.1, 0.15) is 0 Å². The van der Waals surface area contributed by atoms with Crippen molar-refractivity contribution in [2.75, 3.05) is 5.75 Å². The number of hydrogen-bond donors (Lipinski definition) is 0. The van der Waals surface area contributed by atoms with Crippen molar-refractivity contribution in [3.05, 3.63) is 28.5 Å². The highest BCUT2D eigenvalue weighted by atomic mass is 79.9. The second-order valence-corrected chi connectivity index (χ2v) is 8.09. The fraction of sp³-hybridized carbons (Fsp3) is 0.583. The topological polar surface area (TPSA) is 30.0 Å². The van der Waals surface area contributed by atoms with E-state index in [1.807, 2.05) is 32.9 Å². The van der Waals surface area contributed by atoms with E-state index in [1.54, 1.807) is 6.20 Å². The molecule has 0 fully saturated rings. The van der Waals surface area contributed by atoms with E-state index in [0.717, 1.165) is 10.2 Å². The maximum Gasteiger partial charge on any atom is 0.0441 e. The van der Waals surface area contributed by atoms with E-state index in [4.69, 9.17) is 0 Å². The second kappa shape index (κ2) is 5.41. The lowest BCUT2D eigenvalue weighted by Crippen LogP contribution is -2.26. The summed E-state index contributed by atoms with van der Waals surface area (Å²) in [6.07, 6.45) is 1.78. The van der Waals surface area contributed by atoms with E-state index in [-0.39, 0.29) is 10.7 Å². The summed E-state index contributed by atoms with van der Waals surface area (Å²) in [5.74, 6) is 0.895. The molecule has 0 aromatic carbocycles. The molecule has 0 bridgehead atoms. The minimum Gasteiger partial charge on any atom is -0.260 e. The smallest absolute Gasteiger partial charge is 0.0441 e. The fourth-order valence-electron chi connectivity index (χ4n) is 1.24. The van der Waals surface area contributed by atoms with Crippen LogP contribution in [0.2, 0.25) is 0 Å². The first-order valence-corrected chi connectivity index (χ1v) is 7.42. The molecule has 1 aromatic heterocycles. The van der Waals surface area contributed by atoms with Crippen molar-refractivity contribution in [3.8, 4) is 0 Å². The third kappa shape index (κ3) is 3.98. The monoisotopic (exact) mass is 303 g/mol. The van der Waals surface area contributed by atoms with Gasteiger partial charge in [0.2, 0.25) is 0 Å². The molecule has 2 nitrogen and oxygen atoms in total. The van der Waals surface area contributed by atoms with Crippen LogP contribution in [-0.4, -0.2) is 19.7 Å². The Morgan fingerprint density at radius 2 is 2.06 bits per heavy atom. The Kier molecular flexibility index (Phi) is 4.68. The van der Waals surface area contributed by atoms with Gasteiger partial charge in [-0.05, 0) is 48.8 Å². The maximum atomic E-state index is 12.0. The van der Waals surface area contributed by atoms with Crippen molar-refractivity contribution in [1.82, 2.24) is 4.98 Å². The van der Waals surface area contributed by atoms with Crippen LogP contribution < -0.4 is 0 Å². The van der Waals surface area contributed by atoms with Crippen LogP contribution in [0.4, 0.5) is 0 Å². The van der Waals surface area contributed by atoms with E-state index >= 15 is 0 Å². The van der Waals surface area contributed by atoms with Crippen LogP contribution in [0, 0.1) is 0 Å². The van der Waals surface area contributed by atoms with Gasteiger partial charge in [-0.2, -0.15) is 0 Å². The van der Waals surface area contributed by atoms with Gasteiger partial charge in [-0.15, -0.1) is 0 Å². The van der Waals surface area contributed by atoms with Gasteiger partial charge in [0.25, 0.3) is 0 Å². The fourth-order valence-corrected chi connectivity index (χ4v) is 2.60. The lowest BCUT2D eigenvalue weighted by molar-refractivity contribution is 0.641. The van der Waals surface area contributed by atoms with Gasteiger partial charge < -0.3 is 0 Å². The van der Waals surface area contributed by atoms with Crippen LogP contribution in [0.5, 0.6) is 0 Å². The molecule has 1 aromatic rings. The normalized spacial score (nSPS) is 15.8. The van der Waals surface area contributed by atoms with Crippen LogP contribution in [0.15, 0.2) is 22.8 Å². The summed E-state index contributed by atoms with van der Waals surface area (Å²) in [4.78, 5) is 4.33. The number of pyridine rings is 1. The standard InChI is InChI=1S/C12H18BrNOS/c1-9(8-16(15)12(2,3)4)11-6-5-10(13)7-14-11/h5-7,9H,8H2,1-4H3. The summed E-state index contributed by atoms with van der Waals surface area (Å²) in [5.41, 5.74) is 1.00. The Morgan fingerprint density at radius 1 is 1.44 bits per heavy atom. The Hall–Kier alpha value is -0.220. The lowest BCUT2D eigenvalue weighted by atomic mass is 10.1. The zero-order chi connectivity index (χ0) is 12.3. The van der Waals surface area contributed by atoms with Crippen molar-refractivity contribution in [1.29, 1.82) is 0 Å². The van der Waals surface area contributed by atoms with Gasteiger partial charge in [-0.3, -0.25) is 9.19 Å². The number of hydrogen-bond acceptors (Lipinski definition) is 2. The van der Waals surface area contributed by atoms with Crippen molar-refractivity contribution in [2.45, 2.75) is 38.4 Å². The first-order chi connectivity index (χ1) is 7.30. The molecule has 1 rings (SSSR count). The summed E-state index contributed by atoms with van der Waals surface area (Å²) >= 11 is 3.35. The zero-order valence-corrected chi connectivity index (χ0v) is 12.6. The zero-order valence-electron chi connectivity index (χ0n) is 10.2. The molecule has 90 valence electrons. The minimum atomic E-state index is -0.825. The van der Waals surface area contributed by atoms with E-state index in [9.17, 15) is 4.21 Å². The third-order valence-corrected chi connectivity index (χ3v) is 4.98. The Labute approximate surface area is 108 Å². The maximum absolute atomic E-state index is 12.0. The van der Waals surface area contributed by atoms with Crippen LogP contribution in [-0.2, 0) is 10.8 Å². The van der Waals surface area contributed by atoms with Crippen LogP contribution >= 0.6 is 15.9 Å². The summed E-state index contributed by atoms with van der Waals surface area (Å²) in [7, 11) is -0.825. The van der Waals surface area contributed by atoms with Crippen molar-refractivity contribution in [2.24, 2.45) is 0 Å². The summed E-state index contributed by atoms with van der Waals surface area (Å²) in [6.45, 7) is 8.08. The molecule has 0 aliphatic rings. The predicted molar refractivity (Wildman–Crippen MR) is 73.1 cm³/mol. The van der Waals surface area contributed by atoms with E-state index in [2.05, 4.69) is 27.8 Å². The Morgan fingerprint density at radius 3 is 2.50 bits per heavy atom. The molecule has 2 atom stereocenters. The summed E-state index contributed by atoms with van der Waals surface area (Å²) in [5, 5.41) is 0. The number of nitrogens with zero attached hydrogens (tertiary/aromatic N) is 1.